The summed E-state index contributed by atoms with van der Waals surface area (Å²) in [6.07, 6.45) is 1.88. The second kappa shape index (κ2) is 6.74. The SMILES string of the molecule is COC1CCCN(C(=O)Nc2cc([N+](=O)[O-])c(C)cc2C)C1. The van der Waals surface area contributed by atoms with Gasteiger partial charge in [0.15, 0.2) is 0 Å². The summed E-state index contributed by atoms with van der Waals surface area (Å²) in [5.74, 6) is 0. The van der Waals surface area contributed by atoms with Crippen LogP contribution in [0.15, 0.2) is 12.1 Å². The molecular weight excluding hydrogens is 286 g/mol. The molecule has 1 aliphatic heterocycles. The van der Waals surface area contributed by atoms with Crippen molar-refractivity contribution in [2.24, 2.45) is 0 Å². The zero-order chi connectivity index (χ0) is 16.3. The van der Waals surface area contributed by atoms with E-state index in [1.54, 1.807) is 25.0 Å². The monoisotopic (exact) mass is 307 g/mol. The molecule has 7 nitrogen and oxygen atoms in total. The molecule has 1 fully saturated rings. The Morgan fingerprint density at radius 2 is 2.14 bits per heavy atom. The van der Waals surface area contributed by atoms with Crippen molar-refractivity contribution in [1.82, 2.24) is 4.90 Å². The molecule has 1 N–H and O–H groups in total. The number of piperidine rings is 1. The van der Waals surface area contributed by atoms with Gasteiger partial charge in [0.05, 0.1) is 16.7 Å². The number of ether oxygens (including phenoxy) is 1. The van der Waals surface area contributed by atoms with Gasteiger partial charge in [0, 0.05) is 31.8 Å². The lowest BCUT2D eigenvalue weighted by Gasteiger charge is -2.32. The number of carbonyl (C=O) groups excluding carboxylic acids is 1. The Morgan fingerprint density at radius 1 is 1.41 bits per heavy atom. The molecule has 0 radical (unpaired) electrons. The van der Waals surface area contributed by atoms with Gasteiger partial charge in [-0.1, -0.05) is 0 Å². The van der Waals surface area contributed by atoms with Crippen LogP contribution in [-0.2, 0) is 4.74 Å². The Balaban J connectivity index is 2.14. The first kappa shape index (κ1) is 16.2. The van der Waals surface area contributed by atoms with E-state index in [2.05, 4.69) is 5.32 Å². The predicted octanol–water partition coefficient (Wildman–Crippen LogP) is 2.85. The fraction of sp³-hybridized carbons (Fsp3) is 0.533. The number of anilines is 1. The Morgan fingerprint density at radius 3 is 2.77 bits per heavy atom. The lowest BCUT2D eigenvalue weighted by molar-refractivity contribution is -0.385. The molecule has 1 aromatic rings. The van der Waals surface area contributed by atoms with Crippen LogP contribution >= 0.6 is 0 Å². The highest BCUT2D eigenvalue weighted by Gasteiger charge is 2.24. The first-order valence-electron chi connectivity index (χ1n) is 7.26. The van der Waals surface area contributed by atoms with E-state index < -0.39 is 4.92 Å². The van der Waals surface area contributed by atoms with Crippen molar-refractivity contribution in [3.8, 4) is 0 Å². The van der Waals surface area contributed by atoms with E-state index in [9.17, 15) is 14.9 Å². The Bertz CT molecular complexity index is 588. The maximum atomic E-state index is 12.3. The summed E-state index contributed by atoms with van der Waals surface area (Å²) in [5.41, 5.74) is 1.87. The molecule has 0 aliphatic carbocycles. The number of methoxy groups -OCH3 is 1. The van der Waals surface area contributed by atoms with Crippen molar-refractivity contribution in [1.29, 1.82) is 0 Å². The van der Waals surface area contributed by atoms with E-state index in [1.165, 1.54) is 6.07 Å². The Kier molecular flexibility index (Phi) is 4.97. The van der Waals surface area contributed by atoms with Gasteiger partial charge in [-0.05, 0) is 38.3 Å². The third-order valence-corrected chi connectivity index (χ3v) is 3.98. The molecule has 0 spiro atoms. The number of nitrogens with one attached hydrogen (secondary N) is 1. The predicted molar refractivity (Wildman–Crippen MR) is 83.2 cm³/mol. The van der Waals surface area contributed by atoms with Gasteiger partial charge >= 0.3 is 6.03 Å². The molecule has 0 bridgehead atoms. The molecule has 1 unspecified atom stereocenters. The van der Waals surface area contributed by atoms with Gasteiger partial charge in [0.25, 0.3) is 5.69 Å². The van der Waals surface area contributed by atoms with E-state index in [1.807, 2.05) is 6.92 Å². The number of amides is 2. The summed E-state index contributed by atoms with van der Waals surface area (Å²) >= 11 is 0. The molecule has 2 amide bonds. The molecule has 22 heavy (non-hydrogen) atoms. The maximum Gasteiger partial charge on any atom is 0.321 e. The van der Waals surface area contributed by atoms with Gasteiger partial charge in [0.1, 0.15) is 0 Å². The molecule has 1 atom stereocenters. The summed E-state index contributed by atoms with van der Waals surface area (Å²) in [6.45, 7) is 4.71. The largest absolute Gasteiger partial charge is 0.380 e. The smallest absolute Gasteiger partial charge is 0.321 e. The van der Waals surface area contributed by atoms with Crippen LogP contribution in [0.1, 0.15) is 24.0 Å². The molecule has 1 heterocycles. The number of carbonyl (C=O) groups is 1. The average Bonchev–Trinajstić information content (AvgIpc) is 2.49. The van der Waals surface area contributed by atoms with E-state index in [-0.39, 0.29) is 17.8 Å². The van der Waals surface area contributed by atoms with Gasteiger partial charge in [-0.3, -0.25) is 10.1 Å². The van der Waals surface area contributed by atoms with Crippen LogP contribution in [-0.4, -0.2) is 42.2 Å². The van der Waals surface area contributed by atoms with Crippen LogP contribution in [0, 0.1) is 24.0 Å². The molecule has 1 saturated heterocycles. The second-order valence-corrected chi connectivity index (χ2v) is 5.59. The summed E-state index contributed by atoms with van der Waals surface area (Å²) in [6, 6.07) is 2.88. The number of rotatable bonds is 3. The fourth-order valence-corrected chi connectivity index (χ4v) is 2.68. The van der Waals surface area contributed by atoms with Crippen LogP contribution in [0.5, 0.6) is 0 Å². The first-order valence-corrected chi connectivity index (χ1v) is 7.26. The van der Waals surface area contributed by atoms with Crippen molar-refractivity contribution in [2.75, 3.05) is 25.5 Å². The van der Waals surface area contributed by atoms with E-state index in [0.29, 0.717) is 24.3 Å². The third kappa shape index (κ3) is 3.54. The maximum absolute atomic E-state index is 12.3. The highest BCUT2D eigenvalue weighted by atomic mass is 16.6. The van der Waals surface area contributed by atoms with Gasteiger partial charge in [-0.25, -0.2) is 4.79 Å². The van der Waals surface area contributed by atoms with Gasteiger partial charge in [0.2, 0.25) is 0 Å². The Hall–Kier alpha value is -2.15. The summed E-state index contributed by atoms with van der Waals surface area (Å²) in [7, 11) is 1.64. The van der Waals surface area contributed by atoms with E-state index in [0.717, 1.165) is 18.4 Å². The van der Waals surface area contributed by atoms with Crippen LogP contribution in [0.25, 0.3) is 0 Å². The minimum atomic E-state index is -0.438. The standard InChI is InChI=1S/C15H21N3O4/c1-10-7-11(2)14(18(20)21)8-13(10)16-15(19)17-6-4-5-12(9-17)22-3/h7-8,12H,4-6,9H2,1-3H3,(H,16,19). The molecule has 1 aromatic carbocycles. The Labute approximate surface area is 129 Å². The minimum absolute atomic E-state index is 0.00862. The van der Waals surface area contributed by atoms with Crippen molar-refractivity contribution in [3.05, 3.63) is 33.4 Å². The highest BCUT2D eigenvalue weighted by Crippen LogP contribution is 2.26. The average molecular weight is 307 g/mol. The number of hydrogen-bond acceptors (Lipinski definition) is 4. The molecule has 7 heteroatoms. The van der Waals surface area contributed by atoms with Gasteiger partial charge in [-0.15, -0.1) is 0 Å². The molecule has 0 saturated carbocycles. The number of nitro benzene ring substituents is 1. The number of likely N-dealkylation sites (tertiary alicyclic amines) is 1. The van der Waals surface area contributed by atoms with Crippen LogP contribution < -0.4 is 5.32 Å². The number of benzene rings is 1. The number of hydrogen-bond donors (Lipinski definition) is 1. The molecule has 0 aromatic heterocycles. The highest BCUT2D eigenvalue weighted by molar-refractivity contribution is 5.90. The minimum Gasteiger partial charge on any atom is -0.380 e. The van der Waals surface area contributed by atoms with Crippen molar-refractivity contribution in [3.63, 3.8) is 0 Å². The quantitative estimate of drug-likeness (QED) is 0.687. The fourth-order valence-electron chi connectivity index (χ4n) is 2.68. The van der Waals surface area contributed by atoms with Crippen molar-refractivity contribution < 1.29 is 14.5 Å². The topological polar surface area (TPSA) is 84.7 Å². The lowest BCUT2D eigenvalue weighted by atomic mass is 10.1. The summed E-state index contributed by atoms with van der Waals surface area (Å²) < 4.78 is 5.30. The van der Waals surface area contributed by atoms with Crippen LogP contribution in [0.4, 0.5) is 16.2 Å². The van der Waals surface area contributed by atoms with Gasteiger partial charge < -0.3 is 15.0 Å². The van der Waals surface area contributed by atoms with E-state index >= 15 is 0 Å². The van der Waals surface area contributed by atoms with E-state index in [4.69, 9.17) is 4.74 Å². The normalized spacial score (nSPS) is 18.1. The van der Waals surface area contributed by atoms with Crippen molar-refractivity contribution >= 4 is 17.4 Å². The molecule has 2 rings (SSSR count). The molecular formula is C15H21N3O4. The third-order valence-electron chi connectivity index (χ3n) is 3.98. The first-order chi connectivity index (χ1) is 10.4. The molecule has 120 valence electrons. The molecule has 1 aliphatic rings. The van der Waals surface area contributed by atoms with Crippen LogP contribution in [0.3, 0.4) is 0 Å². The second-order valence-electron chi connectivity index (χ2n) is 5.59. The van der Waals surface area contributed by atoms with Crippen molar-refractivity contribution in [2.45, 2.75) is 32.8 Å². The van der Waals surface area contributed by atoms with Crippen LogP contribution in [0.2, 0.25) is 0 Å². The zero-order valence-electron chi connectivity index (χ0n) is 13.1. The lowest BCUT2D eigenvalue weighted by Crippen LogP contribution is -2.44. The number of aryl methyl sites for hydroxylation is 2. The number of nitrogens with zero attached hydrogens (tertiary/aromatic N) is 2. The summed E-state index contributed by atoms with van der Waals surface area (Å²) in [4.78, 5) is 24.6. The summed E-state index contributed by atoms with van der Waals surface area (Å²) in [5, 5.41) is 13.8. The number of nitro groups is 1. The van der Waals surface area contributed by atoms with Gasteiger partial charge in [-0.2, -0.15) is 0 Å². The number of urea groups is 1. The zero-order valence-corrected chi connectivity index (χ0v) is 13.1.